The molecule has 0 unspecified atom stereocenters. The summed E-state index contributed by atoms with van der Waals surface area (Å²) in [5.41, 5.74) is 0. The molecule has 1 aliphatic rings. The molecule has 0 spiro atoms. The lowest BCUT2D eigenvalue weighted by Crippen LogP contribution is -2.29. The van der Waals surface area contributed by atoms with Gasteiger partial charge in [0.25, 0.3) is 0 Å². The summed E-state index contributed by atoms with van der Waals surface area (Å²) in [6.07, 6.45) is 4.49. The first-order chi connectivity index (χ1) is 6.25. The molecule has 2 amide bonds. The van der Waals surface area contributed by atoms with Crippen LogP contribution in [0.3, 0.4) is 0 Å². The van der Waals surface area contributed by atoms with Crippen molar-refractivity contribution in [2.24, 2.45) is 0 Å². The summed E-state index contributed by atoms with van der Waals surface area (Å²) in [5.74, 6) is -0.0411. The first-order valence-corrected chi connectivity index (χ1v) is 5.25. The average Bonchev–Trinajstić information content (AvgIpc) is 2.42. The van der Waals surface area contributed by atoms with Crippen molar-refractivity contribution in [2.75, 3.05) is 6.54 Å². The van der Waals surface area contributed by atoms with Gasteiger partial charge in [0.2, 0.25) is 11.8 Å². The molecule has 1 fully saturated rings. The van der Waals surface area contributed by atoms with Crippen LogP contribution in [0.4, 0.5) is 0 Å². The highest BCUT2D eigenvalue weighted by molar-refractivity contribution is 9.11. The molecule has 72 valence electrons. The highest BCUT2D eigenvalue weighted by Gasteiger charge is 2.27. The van der Waals surface area contributed by atoms with Gasteiger partial charge < -0.3 is 0 Å². The standard InChI is InChI=1S/C9H12BrNO2/c10-6-2-1-3-7-11-8(12)4-5-9(11)13/h2,6H,1,3-5,7H2/b6-2+. The molecule has 0 saturated carbocycles. The first kappa shape index (κ1) is 10.4. The number of carbonyl (C=O) groups is 2. The van der Waals surface area contributed by atoms with E-state index < -0.39 is 0 Å². The van der Waals surface area contributed by atoms with E-state index in [1.807, 2.05) is 6.08 Å². The van der Waals surface area contributed by atoms with Gasteiger partial charge in [0.15, 0.2) is 0 Å². The fourth-order valence-electron chi connectivity index (χ4n) is 1.30. The number of imide groups is 1. The number of amides is 2. The van der Waals surface area contributed by atoms with Gasteiger partial charge in [-0.15, -0.1) is 0 Å². The van der Waals surface area contributed by atoms with Crippen LogP contribution in [-0.4, -0.2) is 23.3 Å². The summed E-state index contributed by atoms with van der Waals surface area (Å²) >= 11 is 3.16. The van der Waals surface area contributed by atoms with E-state index in [0.717, 1.165) is 12.8 Å². The number of halogens is 1. The zero-order chi connectivity index (χ0) is 9.68. The van der Waals surface area contributed by atoms with Gasteiger partial charge in [0, 0.05) is 19.4 Å². The number of likely N-dealkylation sites (tertiary alicyclic amines) is 1. The molecular formula is C9H12BrNO2. The van der Waals surface area contributed by atoms with Gasteiger partial charge in [-0.05, 0) is 17.8 Å². The molecule has 1 heterocycles. The number of nitrogens with zero attached hydrogens (tertiary/aromatic N) is 1. The van der Waals surface area contributed by atoms with E-state index in [2.05, 4.69) is 15.9 Å². The summed E-state index contributed by atoms with van der Waals surface area (Å²) < 4.78 is 0. The monoisotopic (exact) mass is 245 g/mol. The third kappa shape index (κ3) is 2.95. The number of rotatable bonds is 4. The molecule has 0 aromatic carbocycles. The van der Waals surface area contributed by atoms with Crippen LogP contribution in [0.2, 0.25) is 0 Å². The molecule has 0 aromatic heterocycles. The van der Waals surface area contributed by atoms with Crippen LogP contribution < -0.4 is 0 Å². The molecule has 0 aromatic rings. The summed E-state index contributed by atoms with van der Waals surface area (Å²) in [7, 11) is 0. The molecule has 4 heteroatoms. The van der Waals surface area contributed by atoms with Crippen LogP contribution >= 0.6 is 15.9 Å². The van der Waals surface area contributed by atoms with Crippen LogP contribution in [-0.2, 0) is 9.59 Å². The Hall–Kier alpha value is -0.640. The second kappa shape index (κ2) is 5.17. The summed E-state index contributed by atoms with van der Waals surface area (Å²) in [6.45, 7) is 0.564. The molecule has 1 rings (SSSR count). The number of hydrogen-bond donors (Lipinski definition) is 0. The zero-order valence-electron chi connectivity index (χ0n) is 7.33. The van der Waals surface area contributed by atoms with E-state index in [1.165, 1.54) is 4.90 Å². The molecule has 0 bridgehead atoms. The molecule has 3 nitrogen and oxygen atoms in total. The molecule has 0 N–H and O–H groups in total. The third-order valence-corrected chi connectivity index (χ3v) is 2.37. The summed E-state index contributed by atoms with van der Waals surface area (Å²) in [6, 6.07) is 0. The Kier molecular flexibility index (Phi) is 4.15. The first-order valence-electron chi connectivity index (χ1n) is 4.34. The average molecular weight is 246 g/mol. The Balaban J connectivity index is 2.27. The van der Waals surface area contributed by atoms with Crippen LogP contribution in [0.1, 0.15) is 25.7 Å². The van der Waals surface area contributed by atoms with Gasteiger partial charge in [-0.3, -0.25) is 14.5 Å². The normalized spacial score (nSPS) is 17.8. The quantitative estimate of drug-likeness (QED) is 0.560. The lowest BCUT2D eigenvalue weighted by atomic mass is 10.3. The van der Waals surface area contributed by atoms with Crippen molar-refractivity contribution in [1.29, 1.82) is 0 Å². The predicted molar refractivity (Wildman–Crippen MR) is 53.3 cm³/mol. The Labute approximate surface area is 85.9 Å². The molecule has 0 aliphatic carbocycles. The lowest BCUT2D eigenvalue weighted by molar-refractivity contribution is -0.138. The minimum absolute atomic E-state index is 0.0205. The number of hydrogen-bond acceptors (Lipinski definition) is 2. The van der Waals surface area contributed by atoms with Crippen molar-refractivity contribution in [3.8, 4) is 0 Å². The Morgan fingerprint density at radius 2 is 1.92 bits per heavy atom. The van der Waals surface area contributed by atoms with Gasteiger partial charge in [0.05, 0.1) is 0 Å². The van der Waals surface area contributed by atoms with Gasteiger partial charge in [-0.1, -0.05) is 22.0 Å². The Morgan fingerprint density at radius 1 is 1.31 bits per heavy atom. The summed E-state index contributed by atoms with van der Waals surface area (Å²) in [5, 5.41) is 0. The lowest BCUT2D eigenvalue weighted by Gasteiger charge is -2.11. The highest BCUT2D eigenvalue weighted by Crippen LogP contribution is 2.12. The Bertz CT molecular complexity index is 222. The fraction of sp³-hybridized carbons (Fsp3) is 0.556. The fourth-order valence-corrected chi connectivity index (χ4v) is 1.57. The van der Waals surface area contributed by atoms with Crippen LogP contribution in [0.5, 0.6) is 0 Å². The molecule has 0 radical (unpaired) electrons. The molecule has 13 heavy (non-hydrogen) atoms. The van der Waals surface area contributed by atoms with Gasteiger partial charge in [0.1, 0.15) is 0 Å². The largest absolute Gasteiger partial charge is 0.283 e. The van der Waals surface area contributed by atoms with E-state index in [1.54, 1.807) is 4.99 Å². The van der Waals surface area contributed by atoms with Crippen molar-refractivity contribution in [3.63, 3.8) is 0 Å². The van der Waals surface area contributed by atoms with Crippen molar-refractivity contribution >= 4 is 27.7 Å². The van der Waals surface area contributed by atoms with Crippen molar-refractivity contribution in [1.82, 2.24) is 4.90 Å². The van der Waals surface area contributed by atoms with E-state index in [-0.39, 0.29) is 11.8 Å². The maximum Gasteiger partial charge on any atom is 0.229 e. The maximum atomic E-state index is 11.1. The van der Waals surface area contributed by atoms with Crippen LogP contribution in [0.15, 0.2) is 11.1 Å². The SMILES string of the molecule is O=C1CCC(=O)N1CCC/C=C/Br. The third-order valence-electron chi connectivity index (χ3n) is 2.00. The Morgan fingerprint density at radius 3 is 2.46 bits per heavy atom. The van der Waals surface area contributed by atoms with E-state index >= 15 is 0 Å². The van der Waals surface area contributed by atoms with Crippen molar-refractivity contribution < 1.29 is 9.59 Å². The van der Waals surface area contributed by atoms with Crippen molar-refractivity contribution in [3.05, 3.63) is 11.1 Å². The molecule has 1 aliphatic heterocycles. The van der Waals surface area contributed by atoms with Gasteiger partial charge in [-0.2, -0.15) is 0 Å². The van der Waals surface area contributed by atoms with E-state index in [4.69, 9.17) is 0 Å². The highest BCUT2D eigenvalue weighted by atomic mass is 79.9. The van der Waals surface area contributed by atoms with Crippen LogP contribution in [0, 0.1) is 0 Å². The molecule has 1 saturated heterocycles. The number of allylic oxidation sites excluding steroid dienone is 1. The molecule has 0 atom stereocenters. The van der Waals surface area contributed by atoms with Gasteiger partial charge >= 0.3 is 0 Å². The number of carbonyl (C=O) groups excluding carboxylic acids is 2. The minimum atomic E-state index is -0.0205. The molecular weight excluding hydrogens is 234 g/mol. The van der Waals surface area contributed by atoms with E-state index in [9.17, 15) is 9.59 Å². The smallest absolute Gasteiger partial charge is 0.229 e. The number of unbranched alkanes of at least 4 members (excludes halogenated alkanes) is 1. The summed E-state index contributed by atoms with van der Waals surface area (Å²) in [4.78, 5) is 25.4. The topological polar surface area (TPSA) is 37.4 Å². The van der Waals surface area contributed by atoms with E-state index in [0.29, 0.717) is 19.4 Å². The van der Waals surface area contributed by atoms with Gasteiger partial charge in [-0.25, -0.2) is 0 Å². The predicted octanol–water partition coefficient (Wildman–Crippen LogP) is 1.82. The van der Waals surface area contributed by atoms with Crippen molar-refractivity contribution in [2.45, 2.75) is 25.7 Å². The minimum Gasteiger partial charge on any atom is -0.283 e. The second-order valence-electron chi connectivity index (χ2n) is 2.94. The van der Waals surface area contributed by atoms with Crippen LogP contribution in [0.25, 0.3) is 0 Å². The second-order valence-corrected chi connectivity index (χ2v) is 3.47. The maximum absolute atomic E-state index is 11.1. The zero-order valence-corrected chi connectivity index (χ0v) is 8.92.